The fourth-order valence-corrected chi connectivity index (χ4v) is 3.94. The number of methoxy groups -OCH3 is 1. The maximum Gasteiger partial charge on any atom is 0.412 e. The lowest BCUT2D eigenvalue weighted by Gasteiger charge is -2.32. The molecular formula is C23H24F2N4O5. The van der Waals surface area contributed by atoms with Gasteiger partial charge in [0.2, 0.25) is 0 Å². The van der Waals surface area contributed by atoms with E-state index in [1.165, 1.54) is 19.1 Å². The molecule has 34 heavy (non-hydrogen) atoms. The summed E-state index contributed by atoms with van der Waals surface area (Å²) in [6.07, 6.45) is 0.263. The van der Waals surface area contributed by atoms with Gasteiger partial charge in [-0.2, -0.15) is 0 Å². The summed E-state index contributed by atoms with van der Waals surface area (Å²) in [5.74, 6) is -2.13. The average molecular weight is 474 g/mol. The van der Waals surface area contributed by atoms with Crippen LogP contribution in [0.1, 0.15) is 11.3 Å². The van der Waals surface area contributed by atoms with Gasteiger partial charge in [-0.05, 0) is 24.6 Å². The van der Waals surface area contributed by atoms with Crippen molar-refractivity contribution < 1.29 is 32.6 Å². The van der Waals surface area contributed by atoms with E-state index in [1.807, 2.05) is 13.0 Å². The number of benzene rings is 1. The normalized spacial score (nSPS) is 15.9. The number of carbonyl (C=O) groups is 2. The summed E-state index contributed by atoms with van der Waals surface area (Å²) in [5.41, 5.74) is 1.71. The summed E-state index contributed by atoms with van der Waals surface area (Å²) >= 11 is 0. The summed E-state index contributed by atoms with van der Waals surface area (Å²) in [7, 11) is 2.64. The SMILES string of the molecule is CNC(=O)Oc1cc(F)c(-c2nc3cc(C)ccn3c2C[C@H]2CN(C(=O)OC)CCO2)c(F)c1. The lowest BCUT2D eigenvalue weighted by molar-refractivity contribution is -0.0241. The number of morpholine rings is 1. The Labute approximate surface area is 194 Å². The number of hydrogen-bond donors (Lipinski definition) is 1. The molecule has 0 radical (unpaired) electrons. The van der Waals surface area contributed by atoms with Gasteiger partial charge in [0.15, 0.2) is 0 Å². The van der Waals surface area contributed by atoms with Crippen molar-refractivity contribution in [1.82, 2.24) is 19.6 Å². The fourth-order valence-electron chi connectivity index (χ4n) is 3.94. The average Bonchev–Trinajstić information content (AvgIpc) is 3.14. The van der Waals surface area contributed by atoms with Crippen molar-refractivity contribution in [2.45, 2.75) is 19.4 Å². The summed E-state index contributed by atoms with van der Waals surface area (Å²) in [5, 5.41) is 2.22. The summed E-state index contributed by atoms with van der Waals surface area (Å²) in [6, 6.07) is 5.53. The number of carbonyl (C=O) groups excluding carboxylic acids is 2. The Kier molecular flexibility index (Phi) is 6.64. The van der Waals surface area contributed by atoms with Crippen LogP contribution in [-0.2, 0) is 15.9 Å². The van der Waals surface area contributed by atoms with Gasteiger partial charge in [0, 0.05) is 38.3 Å². The summed E-state index contributed by atoms with van der Waals surface area (Å²) < 4.78 is 47.5. The first-order valence-corrected chi connectivity index (χ1v) is 10.6. The molecule has 3 heterocycles. The van der Waals surface area contributed by atoms with Crippen molar-refractivity contribution in [2.24, 2.45) is 0 Å². The van der Waals surface area contributed by atoms with Crippen LogP contribution in [0.5, 0.6) is 5.75 Å². The van der Waals surface area contributed by atoms with Gasteiger partial charge in [0.1, 0.15) is 23.0 Å². The van der Waals surface area contributed by atoms with E-state index >= 15 is 8.78 Å². The second-order valence-electron chi connectivity index (χ2n) is 7.85. The van der Waals surface area contributed by atoms with Crippen LogP contribution >= 0.6 is 0 Å². The molecule has 11 heteroatoms. The number of pyridine rings is 1. The minimum absolute atomic E-state index is 0.103. The molecule has 0 saturated carbocycles. The highest BCUT2D eigenvalue weighted by atomic mass is 19.1. The van der Waals surface area contributed by atoms with Crippen molar-refractivity contribution in [2.75, 3.05) is 33.9 Å². The first kappa shape index (κ1) is 23.4. The van der Waals surface area contributed by atoms with Crippen molar-refractivity contribution in [3.05, 3.63) is 53.4 Å². The Balaban J connectivity index is 1.76. The highest BCUT2D eigenvalue weighted by Gasteiger charge is 2.29. The molecular weight excluding hydrogens is 450 g/mol. The molecule has 1 fully saturated rings. The number of hydrogen-bond acceptors (Lipinski definition) is 6. The molecule has 0 spiro atoms. The Morgan fingerprint density at radius 3 is 2.68 bits per heavy atom. The van der Waals surface area contributed by atoms with Gasteiger partial charge >= 0.3 is 12.2 Å². The number of amides is 2. The van der Waals surface area contributed by atoms with Crippen molar-refractivity contribution in [3.63, 3.8) is 0 Å². The quantitative estimate of drug-likeness (QED) is 0.624. The molecule has 0 bridgehead atoms. The highest BCUT2D eigenvalue weighted by Crippen LogP contribution is 2.33. The number of nitrogens with zero attached hydrogens (tertiary/aromatic N) is 3. The summed E-state index contributed by atoms with van der Waals surface area (Å²) in [6.45, 7) is 2.84. The number of aromatic nitrogens is 2. The smallest absolute Gasteiger partial charge is 0.412 e. The van der Waals surface area contributed by atoms with Crippen LogP contribution in [0.4, 0.5) is 18.4 Å². The van der Waals surface area contributed by atoms with Gasteiger partial charge < -0.3 is 28.8 Å². The first-order valence-electron chi connectivity index (χ1n) is 10.6. The number of nitrogens with one attached hydrogen (secondary N) is 1. The minimum atomic E-state index is -0.930. The zero-order chi connectivity index (χ0) is 24.4. The molecule has 0 unspecified atom stereocenters. The second-order valence-corrected chi connectivity index (χ2v) is 7.85. The van der Waals surface area contributed by atoms with Gasteiger partial charge in [-0.15, -0.1) is 0 Å². The Morgan fingerprint density at radius 2 is 2.00 bits per heavy atom. The molecule has 4 rings (SSSR count). The van der Waals surface area contributed by atoms with Crippen molar-refractivity contribution in [3.8, 4) is 17.0 Å². The number of rotatable bonds is 4. The van der Waals surface area contributed by atoms with Gasteiger partial charge in [0.05, 0.1) is 43.3 Å². The molecule has 1 atom stereocenters. The largest absolute Gasteiger partial charge is 0.453 e. The molecule has 0 aliphatic carbocycles. The Bertz CT molecular complexity index is 1220. The first-order chi connectivity index (χ1) is 16.3. The monoisotopic (exact) mass is 474 g/mol. The number of halogens is 2. The van der Waals surface area contributed by atoms with E-state index in [-0.39, 0.29) is 30.0 Å². The third-order valence-electron chi connectivity index (χ3n) is 5.54. The van der Waals surface area contributed by atoms with Crippen LogP contribution in [0, 0.1) is 18.6 Å². The van der Waals surface area contributed by atoms with E-state index in [1.54, 1.807) is 16.7 Å². The van der Waals surface area contributed by atoms with E-state index in [2.05, 4.69) is 10.3 Å². The summed E-state index contributed by atoms with van der Waals surface area (Å²) in [4.78, 5) is 29.4. The number of fused-ring (bicyclic) bond motifs is 1. The highest BCUT2D eigenvalue weighted by molar-refractivity contribution is 5.72. The molecule has 180 valence electrons. The van der Waals surface area contributed by atoms with Gasteiger partial charge in [-0.1, -0.05) is 0 Å². The molecule has 2 amide bonds. The van der Waals surface area contributed by atoms with Gasteiger partial charge in [-0.25, -0.2) is 23.4 Å². The van der Waals surface area contributed by atoms with Crippen LogP contribution < -0.4 is 10.1 Å². The molecule has 1 aromatic carbocycles. The second kappa shape index (κ2) is 9.64. The molecule has 2 aromatic heterocycles. The van der Waals surface area contributed by atoms with Crippen LogP contribution in [0.3, 0.4) is 0 Å². The molecule has 1 aliphatic heterocycles. The Morgan fingerprint density at radius 1 is 1.26 bits per heavy atom. The standard InChI is InChI=1S/C23H24F2N4O5/c1-13-4-5-29-18(11-15-12-28(6-7-33-15)23(31)32-3)21(27-19(29)8-13)20-16(24)9-14(10-17(20)25)34-22(30)26-2/h4-5,8-10,15H,6-7,11-12H2,1-3H3,(H,26,30)/t15-/m0/s1. The number of aryl methyl sites for hydroxylation is 1. The van der Waals surface area contributed by atoms with Gasteiger partial charge in [-0.3, -0.25) is 0 Å². The van der Waals surface area contributed by atoms with Crippen LogP contribution in [0.25, 0.3) is 16.9 Å². The van der Waals surface area contributed by atoms with E-state index in [0.29, 0.717) is 24.5 Å². The molecule has 1 saturated heterocycles. The van der Waals surface area contributed by atoms with Crippen LogP contribution in [0.15, 0.2) is 30.5 Å². The molecule has 1 aliphatic rings. The van der Waals surface area contributed by atoms with E-state index in [9.17, 15) is 9.59 Å². The fraction of sp³-hybridized carbons (Fsp3) is 0.348. The zero-order valence-corrected chi connectivity index (χ0v) is 18.9. The van der Waals surface area contributed by atoms with Crippen molar-refractivity contribution in [1.29, 1.82) is 0 Å². The lowest BCUT2D eigenvalue weighted by Crippen LogP contribution is -2.46. The van der Waals surface area contributed by atoms with E-state index in [0.717, 1.165) is 17.7 Å². The molecule has 1 N–H and O–H groups in total. The number of ether oxygens (including phenoxy) is 3. The van der Waals surface area contributed by atoms with Crippen molar-refractivity contribution >= 4 is 17.8 Å². The van der Waals surface area contributed by atoms with E-state index in [4.69, 9.17) is 14.2 Å². The maximum atomic E-state index is 15.1. The topological polar surface area (TPSA) is 94.4 Å². The molecule has 9 nitrogen and oxygen atoms in total. The van der Waals surface area contributed by atoms with Crippen LogP contribution in [-0.4, -0.2) is 66.4 Å². The maximum absolute atomic E-state index is 15.1. The third kappa shape index (κ3) is 4.65. The van der Waals surface area contributed by atoms with Crippen LogP contribution in [0.2, 0.25) is 0 Å². The Hall–Kier alpha value is -3.73. The predicted octanol–water partition coefficient (Wildman–Crippen LogP) is 3.32. The lowest BCUT2D eigenvalue weighted by atomic mass is 10.0. The third-order valence-corrected chi connectivity index (χ3v) is 5.54. The zero-order valence-electron chi connectivity index (χ0n) is 18.9. The van der Waals surface area contributed by atoms with E-state index < -0.39 is 29.9 Å². The molecule has 3 aromatic rings. The minimum Gasteiger partial charge on any atom is -0.453 e. The van der Waals surface area contributed by atoms with Gasteiger partial charge in [0.25, 0.3) is 0 Å². The number of imidazole rings is 1. The predicted molar refractivity (Wildman–Crippen MR) is 118 cm³/mol.